The van der Waals surface area contributed by atoms with Crippen LogP contribution in [0, 0.1) is 0 Å². The highest BCUT2D eigenvalue weighted by Crippen LogP contribution is 2.28. The Morgan fingerprint density at radius 2 is 1.79 bits per heavy atom. The van der Waals surface area contributed by atoms with E-state index in [9.17, 15) is 0 Å². The summed E-state index contributed by atoms with van der Waals surface area (Å²) in [6.45, 7) is 0. The van der Waals surface area contributed by atoms with Gasteiger partial charge < -0.3 is 9.71 Å². The Kier molecular flexibility index (Phi) is 3.47. The van der Waals surface area contributed by atoms with Gasteiger partial charge in [0.25, 0.3) is 0 Å². The minimum Gasteiger partial charge on any atom is -0.345 e. The van der Waals surface area contributed by atoms with E-state index in [2.05, 4.69) is 19.7 Å². The summed E-state index contributed by atoms with van der Waals surface area (Å²) in [5.74, 6) is 0. The summed E-state index contributed by atoms with van der Waals surface area (Å²) in [6, 6.07) is 16.0. The molecule has 1 aromatic heterocycles. The van der Waals surface area contributed by atoms with Crippen molar-refractivity contribution < 1.29 is 0 Å². The predicted molar refractivity (Wildman–Crippen MR) is 79.7 cm³/mol. The largest absolute Gasteiger partial charge is 0.345 e. The van der Waals surface area contributed by atoms with E-state index in [4.69, 9.17) is 0 Å². The van der Waals surface area contributed by atoms with Gasteiger partial charge in [-0.15, -0.1) is 0 Å². The molecule has 2 aromatic carbocycles. The molecule has 5 heteroatoms. The number of hydrogen-bond acceptors (Lipinski definition) is 4. The molecule has 2 heterocycles. The summed E-state index contributed by atoms with van der Waals surface area (Å²) in [7, 11) is 0. The van der Waals surface area contributed by atoms with Crippen molar-refractivity contribution in [1.82, 2.24) is 14.7 Å². The average Bonchev–Trinajstić information content (AvgIpc) is 2.96. The van der Waals surface area contributed by atoms with Crippen molar-refractivity contribution in [2.24, 2.45) is 4.99 Å². The molecule has 4 nitrogen and oxygen atoms in total. The van der Waals surface area contributed by atoms with Crippen LogP contribution in [-0.4, -0.2) is 16.3 Å². The third-order valence-electron chi connectivity index (χ3n) is 2.62. The number of para-hydroxylation sites is 3. The van der Waals surface area contributed by atoms with Crippen molar-refractivity contribution in [1.29, 1.82) is 0 Å². The Morgan fingerprint density at radius 1 is 0.947 bits per heavy atom. The molecule has 0 radical (unpaired) electrons. The molecule has 3 aromatic rings. The Balaban J connectivity index is 0.000000117. The van der Waals surface area contributed by atoms with Crippen LogP contribution in [0.25, 0.3) is 11.0 Å². The van der Waals surface area contributed by atoms with E-state index in [-0.39, 0.29) is 0 Å². The minimum atomic E-state index is 1.03. The van der Waals surface area contributed by atoms with Crippen LogP contribution in [0.5, 0.6) is 0 Å². The van der Waals surface area contributed by atoms with Crippen LogP contribution in [0.2, 0.25) is 0 Å². The molecule has 2 N–H and O–H groups in total. The molecule has 0 bridgehead atoms. The zero-order valence-corrected chi connectivity index (χ0v) is 10.9. The number of aromatic amines is 1. The monoisotopic (exact) mass is 268 g/mol. The first kappa shape index (κ1) is 11.8. The van der Waals surface area contributed by atoms with Gasteiger partial charge in [-0.1, -0.05) is 24.3 Å². The second-order valence-electron chi connectivity index (χ2n) is 3.87. The van der Waals surface area contributed by atoms with Gasteiger partial charge in [0.2, 0.25) is 0 Å². The maximum absolute atomic E-state index is 4.14. The lowest BCUT2D eigenvalue weighted by Gasteiger charge is -2.07. The van der Waals surface area contributed by atoms with Gasteiger partial charge in [-0.05, 0) is 36.2 Å². The van der Waals surface area contributed by atoms with Gasteiger partial charge in [-0.2, -0.15) is 0 Å². The smallest absolute Gasteiger partial charge is 0.0988 e. The molecule has 0 atom stereocenters. The van der Waals surface area contributed by atoms with Crippen molar-refractivity contribution in [2.75, 3.05) is 0 Å². The molecule has 0 fully saturated rings. The van der Waals surface area contributed by atoms with Crippen molar-refractivity contribution in [2.45, 2.75) is 4.90 Å². The maximum atomic E-state index is 4.14. The van der Waals surface area contributed by atoms with Crippen LogP contribution >= 0.6 is 11.9 Å². The van der Waals surface area contributed by atoms with Crippen LogP contribution in [0.3, 0.4) is 0 Å². The number of aromatic nitrogens is 2. The number of fused-ring (bicyclic) bond motifs is 2. The lowest BCUT2D eigenvalue weighted by atomic mass is 10.3. The van der Waals surface area contributed by atoms with Crippen LogP contribution < -0.4 is 4.72 Å². The minimum absolute atomic E-state index is 1.03. The first-order valence-corrected chi connectivity index (χ1v) is 6.67. The van der Waals surface area contributed by atoms with Crippen LogP contribution in [0.4, 0.5) is 5.69 Å². The quantitative estimate of drug-likeness (QED) is 0.613. The van der Waals surface area contributed by atoms with E-state index in [1.54, 1.807) is 24.6 Å². The van der Waals surface area contributed by atoms with E-state index in [0.29, 0.717) is 0 Å². The highest BCUT2D eigenvalue weighted by molar-refractivity contribution is 7.98. The molecule has 0 saturated heterocycles. The number of nitrogens with one attached hydrogen (secondary N) is 2. The molecule has 0 amide bonds. The first-order chi connectivity index (χ1) is 9.43. The van der Waals surface area contributed by atoms with Crippen LogP contribution in [-0.2, 0) is 0 Å². The molecule has 0 spiro atoms. The number of benzene rings is 2. The van der Waals surface area contributed by atoms with Gasteiger partial charge in [-0.25, -0.2) is 9.98 Å². The summed E-state index contributed by atoms with van der Waals surface area (Å²) in [4.78, 5) is 12.4. The summed E-state index contributed by atoms with van der Waals surface area (Å²) in [6.07, 6.45) is 3.40. The van der Waals surface area contributed by atoms with Crippen molar-refractivity contribution >= 4 is 35.0 Å². The second-order valence-corrected chi connectivity index (χ2v) is 4.75. The number of aliphatic imine (C=N–C) groups is 1. The van der Waals surface area contributed by atoms with E-state index in [1.165, 1.54) is 4.90 Å². The third-order valence-corrected chi connectivity index (χ3v) is 3.41. The number of rotatable bonds is 0. The SMILES string of the molecule is C1=Nc2ccccc2SN1.c1ccc2[nH]cnc2c1. The van der Waals surface area contributed by atoms with Crippen molar-refractivity contribution in [3.8, 4) is 0 Å². The Morgan fingerprint density at radius 3 is 2.68 bits per heavy atom. The van der Waals surface area contributed by atoms with Gasteiger partial charge in [0.1, 0.15) is 0 Å². The van der Waals surface area contributed by atoms with Gasteiger partial charge in [-0.3, -0.25) is 0 Å². The van der Waals surface area contributed by atoms with Gasteiger partial charge in [0.15, 0.2) is 0 Å². The lowest BCUT2D eigenvalue weighted by molar-refractivity contribution is 1.32. The summed E-state index contributed by atoms with van der Waals surface area (Å²) in [5, 5.41) is 0. The Labute approximate surface area is 115 Å². The lowest BCUT2D eigenvalue weighted by Crippen LogP contribution is -2.01. The fraction of sp³-hybridized carbons (Fsp3) is 0. The summed E-state index contributed by atoms with van der Waals surface area (Å²) < 4.78 is 2.97. The normalized spacial score (nSPS) is 12.2. The third kappa shape index (κ3) is 2.77. The molecule has 4 rings (SSSR count). The number of nitrogens with zero attached hydrogens (tertiary/aromatic N) is 2. The fourth-order valence-electron chi connectivity index (χ4n) is 1.72. The van der Waals surface area contributed by atoms with E-state index >= 15 is 0 Å². The predicted octanol–water partition coefficient (Wildman–Crippen LogP) is 3.52. The number of H-pyrrole nitrogens is 1. The molecule has 94 valence electrons. The second kappa shape index (κ2) is 5.58. The summed E-state index contributed by atoms with van der Waals surface area (Å²) in [5.41, 5.74) is 3.17. The molecular weight excluding hydrogens is 256 g/mol. The molecule has 1 aliphatic heterocycles. The van der Waals surface area contributed by atoms with Crippen LogP contribution in [0.15, 0.2) is 64.7 Å². The number of hydrogen-bond donors (Lipinski definition) is 2. The van der Waals surface area contributed by atoms with Crippen LogP contribution in [0.1, 0.15) is 0 Å². The summed E-state index contributed by atoms with van der Waals surface area (Å²) >= 11 is 1.59. The average molecular weight is 268 g/mol. The Hall–Kier alpha value is -2.27. The van der Waals surface area contributed by atoms with Gasteiger partial charge in [0, 0.05) is 0 Å². The molecular formula is C14H12N4S. The highest BCUT2D eigenvalue weighted by atomic mass is 32.2. The number of imidazole rings is 1. The standard InChI is InChI=1S/C7H6N2S.C7H6N2/c1-2-4-7-6(3-1)8-5-9-10-7;1-2-4-7-6(3-1)8-5-9-7/h1-5H,(H,8,9);1-5H,(H,8,9). The Bertz CT molecular complexity index is 675. The zero-order chi connectivity index (χ0) is 12.9. The molecule has 0 saturated carbocycles. The fourth-order valence-corrected chi connectivity index (χ4v) is 2.32. The van der Waals surface area contributed by atoms with Gasteiger partial charge in [0.05, 0.1) is 34.3 Å². The van der Waals surface area contributed by atoms with E-state index in [0.717, 1.165) is 16.7 Å². The zero-order valence-electron chi connectivity index (χ0n) is 10.1. The highest BCUT2D eigenvalue weighted by Gasteiger charge is 2.02. The van der Waals surface area contributed by atoms with E-state index in [1.807, 2.05) is 48.5 Å². The molecule has 1 aliphatic rings. The maximum Gasteiger partial charge on any atom is 0.0988 e. The molecule has 0 aliphatic carbocycles. The van der Waals surface area contributed by atoms with E-state index < -0.39 is 0 Å². The van der Waals surface area contributed by atoms with Gasteiger partial charge >= 0.3 is 0 Å². The van der Waals surface area contributed by atoms with Crippen molar-refractivity contribution in [3.05, 3.63) is 54.9 Å². The topological polar surface area (TPSA) is 53.1 Å². The molecule has 0 unspecified atom stereocenters. The molecule has 19 heavy (non-hydrogen) atoms. The van der Waals surface area contributed by atoms with Crippen molar-refractivity contribution in [3.63, 3.8) is 0 Å². The first-order valence-electron chi connectivity index (χ1n) is 5.85.